The highest BCUT2D eigenvalue weighted by molar-refractivity contribution is 6.33. The molecule has 1 N–H and O–H groups in total. The second-order valence-corrected chi connectivity index (χ2v) is 5.20. The average molecular weight is 226 g/mol. The van der Waals surface area contributed by atoms with Crippen molar-refractivity contribution in [1.29, 1.82) is 0 Å². The monoisotopic (exact) mass is 225 g/mol. The summed E-state index contributed by atoms with van der Waals surface area (Å²) in [6.07, 6.45) is 0.999. The molecule has 0 unspecified atom stereocenters. The predicted octanol–water partition coefficient (Wildman–Crippen LogP) is 3.34. The first-order valence-electron chi connectivity index (χ1n) is 5.13. The number of benzene rings is 1. The molecule has 15 heavy (non-hydrogen) atoms. The molecule has 0 aliphatic carbocycles. The van der Waals surface area contributed by atoms with E-state index < -0.39 is 0 Å². The van der Waals surface area contributed by atoms with Crippen molar-refractivity contribution in [3.63, 3.8) is 0 Å². The van der Waals surface area contributed by atoms with Crippen LogP contribution in [0.25, 0.3) is 0 Å². The Hall–Kier alpha value is -0.890. The number of halogens is 1. The van der Waals surface area contributed by atoms with Crippen LogP contribution < -0.4 is 10.1 Å². The van der Waals surface area contributed by atoms with Gasteiger partial charge in [-0.15, -0.1) is 0 Å². The van der Waals surface area contributed by atoms with Crippen LogP contribution in [0, 0.1) is 5.41 Å². The number of fused-ring (bicyclic) bond motifs is 1. The van der Waals surface area contributed by atoms with Gasteiger partial charge in [0.15, 0.2) is 0 Å². The Balaban J connectivity index is 2.51. The molecule has 0 saturated carbocycles. The molecule has 0 saturated heterocycles. The van der Waals surface area contributed by atoms with E-state index in [1.54, 1.807) is 7.11 Å². The van der Waals surface area contributed by atoms with Gasteiger partial charge in [0.05, 0.1) is 17.8 Å². The minimum atomic E-state index is 0.255. The molecular weight excluding hydrogens is 210 g/mol. The first-order chi connectivity index (χ1) is 7.03. The number of hydrogen-bond donors (Lipinski definition) is 1. The highest BCUT2D eigenvalue weighted by atomic mass is 35.5. The lowest BCUT2D eigenvalue weighted by Crippen LogP contribution is -2.31. The zero-order valence-electron chi connectivity index (χ0n) is 9.36. The summed E-state index contributed by atoms with van der Waals surface area (Å²) < 4.78 is 5.36. The first-order valence-corrected chi connectivity index (χ1v) is 5.50. The second-order valence-electron chi connectivity index (χ2n) is 4.80. The Morgan fingerprint density at radius 3 is 2.80 bits per heavy atom. The van der Waals surface area contributed by atoms with Crippen molar-refractivity contribution in [2.24, 2.45) is 5.41 Å². The second kappa shape index (κ2) is 3.60. The number of nitrogens with one attached hydrogen (secondary N) is 1. The van der Waals surface area contributed by atoms with Crippen LogP contribution in [0.4, 0.5) is 5.69 Å². The van der Waals surface area contributed by atoms with E-state index >= 15 is 0 Å². The summed E-state index contributed by atoms with van der Waals surface area (Å²) in [7, 11) is 1.70. The molecule has 1 aliphatic rings. The quantitative estimate of drug-likeness (QED) is 0.792. The molecule has 0 fully saturated rings. The van der Waals surface area contributed by atoms with Gasteiger partial charge in [-0.2, -0.15) is 0 Å². The maximum Gasteiger partial charge on any atom is 0.124 e. The Bertz CT molecular complexity index is 387. The maximum atomic E-state index is 6.15. The van der Waals surface area contributed by atoms with E-state index in [0.29, 0.717) is 0 Å². The van der Waals surface area contributed by atoms with E-state index in [4.69, 9.17) is 16.3 Å². The molecule has 0 radical (unpaired) electrons. The summed E-state index contributed by atoms with van der Waals surface area (Å²) in [6, 6.07) is 3.81. The Morgan fingerprint density at radius 1 is 1.40 bits per heavy atom. The molecule has 1 heterocycles. The fraction of sp³-hybridized carbons (Fsp3) is 0.500. The van der Waals surface area contributed by atoms with E-state index in [9.17, 15) is 0 Å². The predicted molar refractivity (Wildman–Crippen MR) is 64.0 cm³/mol. The molecule has 2 nitrogen and oxygen atoms in total. The largest absolute Gasteiger partial charge is 0.496 e. The van der Waals surface area contributed by atoms with Crippen LogP contribution in [-0.2, 0) is 6.42 Å². The van der Waals surface area contributed by atoms with Gasteiger partial charge in [0, 0.05) is 12.1 Å². The number of methoxy groups -OCH3 is 1. The van der Waals surface area contributed by atoms with Gasteiger partial charge in [-0.25, -0.2) is 0 Å². The molecule has 0 aromatic heterocycles. The van der Waals surface area contributed by atoms with Gasteiger partial charge in [0.1, 0.15) is 5.75 Å². The van der Waals surface area contributed by atoms with Crippen molar-refractivity contribution >= 4 is 17.3 Å². The number of anilines is 1. The third kappa shape index (κ3) is 1.91. The number of ether oxygens (including phenoxy) is 1. The summed E-state index contributed by atoms with van der Waals surface area (Å²) in [5.41, 5.74) is 2.49. The van der Waals surface area contributed by atoms with Crippen LogP contribution in [-0.4, -0.2) is 13.7 Å². The van der Waals surface area contributed by atoms with Crippen LogP contribution in [0.15, 0.2) is 12.1 Å². The third-order valence-electron chi connectivity index (χ3n) is 2.84. The molecule has 82 valence electrons. The van der Waals surface area contributed by atoms with Gasteiger partial charge in [0.25, 0.3) is 0 Å². The lowest BCUT2D eigenvalue weighted by atomic mass is 9.82. The molecule has 1 aromatic rings. The Kier molecular flexibility index (Phi) is 2.55. The van der Waals surface area contributed by atoms with Crippen molar-refractivity contribution in [3.8, 4) is 5.75 Å². The molecule has 0 atom stereocenters. The number of hydrogen-bond acceptors (Lipinski definition) is 2. The molecule has 2 rings (SSSR count). The van der Waals surface area contributed by atoms with Crippen molar-refractivity contribution in [2.75, 3.05) is 19.0 Å². The van der Waals surface area contributed by atoms with E-state index in [-0.39, 0.29) is 5.41 Å². The van der Waals surface area contributed by atoms with Crippen LogP contribution in [0.3, 0.4) is 0 Å². The fourth-order valence-corrected chi connectivity index (χ4v) is 2.27. The van der Waals surface area contributed by atoms with Crippen LogP contribution in [0.1, 0.15) is 19.4 Å². The van der Waals surface area contributed by atoms with E-state index in [0.717, 1.165) is 29.4 Å². The summed E-state index contributed by atoms with van der Waals surface area (Å²) in [5.74, 6) is 0.926. The van der Waals surface area contributed by atoms with Crippen molar-refractivity contribution < 1.29 is 4.74 Å². The van der Waals surface area contributed by atoms with E-state index in [1.807, 2.05) is 12.1 Å². The Labute approximate surface area is 95.6 Å². The standard InChI is InChI=1S/C12H16ClNO/c1-12(2)6-8-10(15-3)5-4-9(13)11(8)14-7-12/h4-5,14H,6-7H2,1-3H3. The minimum absolute atomic E-state index is 0.255. The molecule has 0 amide bonds. The van der Waals surface area contributed by atoms with Crippen LogP contribution >= 0.6 is 11.6 Å². The van der Waals surface area contributed by atoms with E-state index in [1.165, 1.54) is 5.56 Å². The van der Waals surface area contributed by atoms with Gasteiger partial charge in [-0.05, 0) is 24.0 Å². The zero-order chi connectivity index (χ0) is 11.1. The van der Waals surface area contributed by atoms with E-state index in [2.05, 4.69) is 19.2 Å². The summed E-state index contributed by atoms with van der Waals surface area (Å²) in [5, 5.41) is 4.16. The molecular formula is C12H16ClNO. The maximum absolute atomic E-state index is 6.15. The smallest absolute Gasteiger partial charge is 0.124 e. The lowest BCUT2D eigenvalue weighted by molar-refractivity contribution is 0.358. The normalized spacial score (nSPS) is 17.9. The lowest BCUT2D eigenvalue weighted by Gasteiger charge is -2.33. The SMILES string of the molecule is COc1ccc(Cl)c2c1CC(C)(C)CN2. The van der Waals surface area contributed by atoms with Crippen LogP contribution in [0.5, 0.6) is 5.75 Å². The fourth-order valence-electron chi connectivity index (χ4n) is 2.03. The first kappa shape index (κ1) is 10.6. The van der Waals surface area contributed by atoms with Crippen molar-refractivity contribution in [2.45, 2.75) is 20.3 Å². The summed E-state index contributed by atoms with van der Waals surface area (Å²) in [6.45, 7) is 5.43. The van der Waals surface area contributed by atoms with Crippen molar-refractivity contribution in [1.82, 2.24) is 0 Å². The van der Waals surface area contributed by atoms with Gasteiger partial charge < -0.3 is 10.1 Å². The topological polar surface area (TPSA) is 21.3 Å². The zero-order valence-corrected chi connectivity index (χ0v) is 10.1. The highest BCUT2D eigenvalue weighted by Crippen LogP contribution is 2.41. The van der Waals surface area contributed by atoms with Gasteiger partial charge >= 0.3 is 0 Å². The summed E-state index contributed by atoms with van der Waals surface area (Å²) >= 11 is 6.15. The average Bonchev–Trinajstić information content (AvgIpc) is 2.17. The van der Waals surface area contributed by atoms with Gasteiger partial charge in [-0.3, -0.25) is 0 Å². The Morgan fingerprint density at radius 2 is 2.13 bits per heavy atom. The molecule has 0 spiro atoms. The molecule has 3 heteroatoms. The third-order valence-corrected chi connectivity index (χ3v) is 3.15. The van der Waals surface area contributed by atoms with Gasteiger partial charge in [-0.1, -0.05) is 25.4 Å². The molecule has 0 bridgehead atoms. The highest BCUT2D eigenvalue weighted by Gasteiger charge is 2.28. The van der Waals surface area contributed by atoms with Gasteiger partial charge in [0.2, 0.25) is 0 Å². The van der Waals surface area contributed by atoms with Crippen LogP contribution in [0.2, 0.25) is 5.02 Å². The van der Waals surface area contributed by atoms with Crippen molar-refractivity contribution in [3.05, 3.63) is 22.7 Å². The molecule has 1 aromatic carbocycles. The minimum Gasteiger partial charge on any atom is -0.496 e. The molecule has 1 aliphatic heterocycles. The number of rotatable bonds is 1. The summed E-state index contributed by atoms with van der Waals surface area (Å²) in [4.78, 5) is 0.